The van der Waals surface area contributed by atoms with E-state index in [9.17, 15) is 9.59 Å². The number of nitrogens with one attached hydrogen (secondary N) is 1. The summed E-state index contributed by atoms with van der Waals surface area (Å²) in [5.41, 5.74) is 1.60. The van der Waals surface area contributed by atoms with E-state index in [4.69, 9.17) is 4.74 Å². The number of hydrogen-bond acceptors (Lipinski definition) is 4. The van der Waals surface area contributed by atoms with Crippen molar-refractivity contribution in [2.45, 2.75) is 57.7 Å². The standard InChI is InChI=1S/C22H32N4O3/c1-2-25-18-8-4-5-9-19(18)26(21(25)28)16-20(27)23-17-22(10-6-3-7-11-22)24-12-14-29-15-13-24/h4-5,8-9H,2-3,6-7,10-17H2,1H3,(H,23,27). The molecule has 0 unspecified atom stereocenters. The quantitative estimate of drug-likeness (QED) is 0.805. The number of aromatic nitrogens is 2. The number of morpholine rings is 1. The molecule has 4 rings (SSSR count). The summed E-state index contributed by atoms with van der Waals surface area (Å²) >= 11 is 0. The fourth-order valence-corrected chi connectivity index (χ4v) is 5.05. The molecule has 1 amide bonds. The molecule has 1 saturated heterocycles. The normalized spacial score (nSPS) is 20.0. The van der Waals surface area contributed by atoms with Crippen LogP contribution in [0.1, 0.15) is 39.0 Å². The Morgan fingerprint density at radius 2 is 1.72 bits per heavy atom. The van der Waals surface area contributed by atoms with E-state index in [0.29, 0.717) is 13.1 Å². The second kappa shape index (κ2) is 8.71. The fourth-order valence-electron chi connectivity index (χ4n) is 5.05. The Balaban J connectivity index is 1.49. The molecule has 0 bridgehead atoms. The van der Waals surface area contributed by atoms with Crippen LogP contribution in [0.4, 0.5) is 0 Å². The van der Waals surface area contributed by atoms with Gasteiger partial charge in [0.05, 0.1) is 24.2 Å². The smallest absolute Gasteiger partial charge is 0.329 e. The average molecular weight is 401 g/mol. The van der Waals surface area contributed by atoms with Crippen molar-refractivity contribution in [3.05, 3.63) is 34.7 Å². The molecule has 2 aromatic rings. The topological polar surface area (TPSA) is 68.5 Å². The molecule has 29 heavy (non-hydrogen) atoms. The van der Waals surface area contributed by atoms with Crippen LogP contribution in [0.5, 0.6) is 0 Å². The maximum absolute atomic E-state index is 12.9. The molecule has 1 N–H and O–H groups in total. The van der Waals surface area contributed by atoms with Gasteiger partial charge in [-0.25, -0.2) is 4.79 Å². The third-order valence-electron chi connectivity index (χ3n) is 6.62. The van der Waals surface area contributed by atoms with Crippen molar-refractivity contribution in [1.29, 1.82) is 0 Å². The summed E-state index contributed by atoms with van der Waals surface area (Å²) in [7, 11) is 0. The van der Waals surface area contributed by atoms with Gasteiger partial charge in [0.2, 0.25) is 5.91 Å². The van der Waals surface area contributed by atoms with E-state index in [0.717, 1.165) is 50.2 Å². The van der Waals surface area contributed by atoms with Crippen molar-refractivity contribution in [1.82, 2.24) is 19.4 Å². The zero-order valence-electron chi connectivity index (χ0n) is 17.4. The molecule has 7 heteroatoms. The van der Waals surface area contributed by atoms with Gasteiger partial charge in [-0.3, -0.25) is 18.8 Å². The molecule has 1 aromatic carbocycles. The van der Waals surface area contributed by atoms with Gasteiger partial charge in [0.15, 0.2) is 0 Å². The minimum Gasteiger partial charge on any atom is -0.379 e. The Hall–Kier alpha value is -2.12. The van der Waals surface area contributed by atoms with Crippen molar-refractivity contribution in [2.24, 2.45) is 0 Å². The SMILES string of the molecule is CCn1c(=O)n(CC(=O)NCC2(N3CCOCC3)CCCCC2)c2ccccc21. The third-order valence-corrected chi connectivity index (χ3v) is 6.62. The first-order valence-electron chi connectivity index (χ1n) is 10.9. The second-order valence-electron chi connectivity index (χ2n) is 8.26. The van der Waals surface area contributed by atoms with Gasteiger partial charge >= 0.3 is 5.69 Å². The van der Waals surface area contributed by atoms with E-state index < -0.39 is 0 Å². The van der Waals surface area contributed by atoms with Crippen LogP contribution >= 0.6 is 0 Å². The van der Waals surface area contributed by atoms with Crippen LogP contribution in [0.25, 0.3) is 11.0 Å². The molecule has 0 atom stereocenters. The Kier molecular flexibility index (Phi) is 6.06. The molecule has 2 fully saturated rings. The Morgan fingerprint density at radius 1 is 1.07 bits per heavy atom. The van der Waals surface area contributed by atoms with Crippen molar-refractivity contribution >= 4 is 16.9 Å². The molecule has 2 aliphatic rings. The van der Waals surface area contributed by atoms with Crippen LogP contribution in [-0.2, 0) is 22.6 Å². The number of benzene rings is 1. The highest BCUT2D eigenvalue weighted by Gasteiger charge is 2.38. The highest BCUT2D eigenvalue weighted by atomic mass is 16.5. The predicted octanol–water partition coefficient (Wildman–Crippen LogP) is 1.97. The first-order chi connectivity index (χ1) is 14.1. The lowest BCUT2D eigenvalue weighted by atomic mass is 9.79. The van der Waals surface area contributed by atoms with Crippen LogP contribution in [0, 0.1) is 0 Å². The number of amides is 1. The number of para-hydroxylation sites is 2. The van der Waals surface area contributed by atoms with Crippen LogP contribution < -0.4 is 11.0 Å². The summed E-state index contributed by atoms with van der Waals surface area (Å²) in [5.74, 6) is -0.0932. The maximum atomic E-state index is 12.9. The molecule has 1 aromatic heterocycles. The van der Waals surface area contributed by atoms with E-state index in [-0.39, 0.29) is 23.7 Å². The van der Waals surface area contributed by atoms with E-state index in [1.54, 1.807) is 9.13 Å². The van der Waals surface area contributed by atoms with E-state index >= 15 is 0 Å². The Bertz CT molecular complexity index is 904. The van der Waals surface area contributed by atoms with Gasteiger partial charge in [-0.15, -0.1) is 0 Å². The molecule has 1 aliphatic heterocycles. The van der Waals surface area contributed by atoms with Crippen molar-refractivity contribution in [3.8, 4) is 0 Å². The van der Waals surface area contributed by atoms with Crippen LogP contribution in [-0.4, -0.2) is 58.3 Å². The molecular weight excluding hydrogens is 368 g/mol. The zero-order chi connectivity index (χ0) is 20.3. The Labute approximate surface area is 171 Å². The summed E-state index contributed by atoms with van der Waals surface area (Å²) in [4.78, 5) is 28.2. The lowest BCUT2D eigenvalue weighted by Gasteiger charge is -2.48. The minimum absolute atomic E-state index is 0.0278. The van der Waals surface area contributed by atoms with Crippen LogP contribution in [0.3, 0.4) is 0 Å². The van der Waals surface area contributed by atoms with Gasteiger partial charge in [0, 0.05) is 31.7 Å². The second-order valence-corrected chi connectivity index (χ2v) is 8.26. The molecule has 7 nitrogen and oxygen atoms in total. The first kappa shape index (κ1) is 20.2. The lowest BCUT2D eigenvalue weighted by Crippen LogP contribution is -2.59. The summed E-state index contributed by atoms with van der Waals surface area (Å²) in [6.45, 7) is 6.64. The zero-order valence-corrected chi connectivity index (χ0v) is 17.4. The minimum atomic E-state index is -0.121. The van der Waals surface area contributed by atoms with Gasteiger partial charge in [-0.2, -0.15) is 0 Å². The number of carbonyl (C=O) groups is 1. The van der Waals surface area contributed by atoms with Crippen molar-refractivity contribution in [3.63, 3.8) is 0 Å². The van der Waals surface area contributed by atoms with Crippen molar-refractivity contribution in [2.75, 3.05) is 32.8 Å². The highest BCUT2D eigenvalue weighted by Crippen LogP contribution is 2.33. The molecule has 1 saturated carbocycles. The number of carbonyl (C=O) groups excluding carboxylic acids is 1. The summed E-state index contributed by atoms with van der Waals surface area (Å²) in [6, 6.07) is 7.68. The molecule has 0 spiro atoms. The molecule has 2 heterocycles. The molecule has 1 aliphatic carbocycles. The lowest BCUT2D eigenvalue weighted by molar-refractivity contribution is -0.123. The van der Waals surface area contributed by atoms with Gasteiger partial charge in [-0.05, 0) is 31.9 Å². The third kappa shape index (κ3) is 3.98. The van der Waals surface area contributed by atoms with Gasteiger partial charge < -0.3 is 10.1 Å². The number of hydrogen-bond donors (Lipinski definition) is 1. The fraction of sp³-hybridized carbons (Fsp3) is 0.636. The monoisotopic (exact) mass is 400 g/mol. The first-order valence-corrected chi connectivity index (χ1v) is 10.9. The molecular formula is C22H32N4O3. The van der Waals surface area contributed by atoms with E-state index in [1.807, 2.05) is 31.2 Å². The number of rotatable bonds is 6. The average Bonchev–Trinajstić information content (AvgIpc) is 3.04. The Morgan fingerprint density at radius 3 is 2.38 bits per heavy atom. The van der Waals surface area contributed by atoms with Gasteiger partial charge in [0.1, 0.15) is 6.54 Å². The van der Waals surface area contributed by atoms with Gasteiger partial charge in [-0.1, -0.05) is 31.4 Å². The number of aryl methyl sites for hydroxylation is 1. The maximum Gasteiger partial charge on any atom is 0.329 e. The number of fused-ring (bicyclic) bond motifs is 1. The highest BCUT2D eigenvalue weighted by molar-refractivity contribution is 5.81. The number of imidazole rings is 1. The predicted molar refractivity (Wildman–Crippen MR) is 113 cm³/mol. The molecule has 0 radical (unpaired) electrons. The summed E-state index contributed by atoms with van der Waals surface area (Å²) in [5, 5.41) is 3.17. The van der Waals surface area contributed by atoms with Crippen LogP contribution in [0.15, 0.2) is 29.1 Å². The van der Waals surface area contributed by atoms with Crippen molar-refractivity contribution < 1.29 is 9.53 Å². The summed E-state index contributed by atoms with van der Waals surface area (Å²) in [6.07, 6.45) is 5.91. The number of nitrogens with zero attached hydrogens (tertiary/aromatic N) is 3. The van der Waals surface area contributed by atoms with Crippen LogP contribution in [0.2, 0.25) is 0 Å². The van der Waals surface area contributed by atoms with E-state index in [1.165, 1.54) is 19.3 Å². The molecule has 158 valence electrons. The number of ether oxygens (including phenoxy) is 1. The summed E-state index contributed by atoms with van der Waals surface area (Å²) < 4.78 is 8.85. The van der Waals surface area contributed by atoms with E-state index in [2.05, 4.69) is 10.2 Å². The largest absolute Gasteiger partial charge is 0.379 e. The van der Waals surface area contributed by atoms with Gasteiger partial charge in [0.25, 0.3) is 0 Å².